The van der Waals surface area contributed by atoms with Gasteiger partial charge in [-0.1, -0.05) is 78.6 Å². The second kappa shape index (κ2) is 10.1. The Labute approximate surface area is 85.1 Å². The molecule has 1 radical (unpaired) electrons. The summed E-state index contributed by atoms with van der Waals surface area (Å²) < 4.78 is 0. The molecule has 0 aliphatic heterocycles. The first-order chi connectivity index (χ1) is 6.31. The minimum absolute atomic E-state index is 0.934. The van der Waals surface area contributed by atoms with Gasteiger partial charge >= 0.3 is 0 Å². The molecule has 0 amide bonds. The lowest BCUT2D eigenvalue weighted by Gasteiger charge is -2.09. The Hall–Kier alpha value is 0. The number of hydrogen-bond acceptors (Lipinski definition) is 0. The Morgan fingerprint density at radius 3 is 2.15 bits per heavy atom. The highest BCUT2D eigenvalue weighted by Crippen LogP contribution is 2.16. The summed E-state index contributed by atoms with van der Waals surface area (Å²) >= 11 is 0. The lowest BCUT2D eigenvalue weighted by molar-refractivity contribution is 0.446. The molecule has 1 atom stereocenters. The van der Waals surface area contributed by atoms with Crippen molar-refractivity contribution in [3.8, 4) is 0 Å². The average Bonchev–Trinajstić information content (AvgIpc) is 2.14. The van der Waals surface area contributed by atoms with Crippen LogP contribution in [0.4, 0.5) is 0 Å². The highest BCUT2D eigenvalue weighted by atomic mass is 14.1. The van der Waals surface area contributed by atoms with E-state index in [0.29, 0.717) is 0 Å². The zero-order valence-corrected chi connectivity index (χ0v) is 9.65. The third kappa shape index (κ3) is 9.92. The van der Waals surface area contributed by atoms with Crippen LogP contribution < -0.4 is 0 Å². The Morgan fingerprint density at radius 2 is 1.54 bits per heavy atom. The van der Waals surface area contributed by atoms with E-state index in [4.69, 9.17) is 0 Å². The summed E-state index contributed by atoms with van der Waals surface area (Å²) in [7, 11) is 0. The smallest absolute Gasteiger partial charge is 0.0443 e. The Morgan fingerprint density at radius 1 is 0.923 bits per heavy atom. The van der Waals surface area contributed by atoms with Gasteiger partial charge in [0.1, 0.15) is 0 Å². The summed E-state index contributed by atoms with van der Waals surface area (Å²) in [6, 6.07) is 0. The molecule has 1 unspecified atom stereocenters. The summed E-state index contributed by atoms with van der Waals surface area (Å²) in [4.78, 5) is 0. The molecule has 0 saturated carbocycles. The van der Waals surface area contributed by atoms with Crippen LogP contribution in [0.1, 0.15) is 71.6 Å². The molecular formula is C13H27. The molecule has 0 aromatic heterocycles. The number of rotatable bonds is 9. The van der Waals surface area contributed by atoms with Crippen molar-refractivity contribution in [3.63, 3.8) is 0 Å². The van der Waals surface area contributed by atoms with Crippen LogP contribution in [-0.4, -0.2) is 0 Å². The summed E-state index contributed by atoms with van der Waals surface area (Å²) in [5.74, 6) is 0.934. The van der Waals surface area contributed by atoms with Gasteiger partial charge in [-0.3, -0.25) is 0 Å². The Balaban J connectivity index is 3.03. The van der Waals surface area contributed by atoms with E-state index in [1.165, 1.54) is 51.4 Å². The van der Waals surface area contributed by atoms with Gasteiger partial charge < -0.3 is 0 Å². The highest BCUT2D eigenvalue weighted by molar-refractivity contribution is 4.55. The minimum Gasteiger partial charge on any atom is -0.0654 e. The zero-order valence-electron chi connectivity index (χ0n) is 9.65. The lowest BCUT2D eigenvalue weighted by atomic mass is 9.97. The van der Waals surface area contributed by atoms with Crippen LogP contribution in [0.3, 0.4) is 0 Å². The molecule has 0 aromatic rings. The van der Waals surface area contributed by atoms with Crippen LogP contribution in [0.2, 0.25) is 0 Å². The van der Waals surface area contributed by atoms with Crippen LogP contribution >= 0.6 is 0 Å². The molecule has 0 aromatic carbocycles. The van der Waals surface area contributed by atoms with Crippen molar-refractivity contribution in [2.45, 2.75) is 71.6 Å². The van der Waals surface area contributed by atoms with Crippen molar-refractivity contribution < 1.29 is 0 Å². The Bertz CT molecular complexity index is 86.0. The molecule has 0 N–H and O–H groups in total. The summed E-state index contributed by atoms with van der Waals surface area (Å²) in [6.07, 6.45) is 12.4. The van der Waals surface area contributed by atoms with Gasteiger partial charge in [0.15, 0.2) is 0 Å². The predicted molar refractivity (Wildman–Crippen MR) is 61.7 cm³/mol. The van der Waals surface area contributed by atoms with Gasteiger partial charge in [-0.2, -0.15) is 0 Å². The number of hydrogen-bond donors (Lipinski definition) is 0. The van der Waals surface area contributed by atoms with Crippen molar-refractivity contribution in [1.82, 2.24) is 0 Å². The SMILES string of the molecule is [CH2]CCCC(C)CCCCCCC. The number of unbranched alkanes of at least 4 members (excludes halogenated alkanes) is 5. The molecule has 13 heavy (non-hydrogen) atoms. The second-order valence-electron chi connectivity index (χ2n) is 4.30. The van der Waals surface area contributed by atoms with Crippen molar-refractivity contribution in [2.24, 2.45) is 5.92 Å². The monoisotopic (exact) mass is 183 g/mol. The summed E-state index contributed by atoms with van der Waals surface area (Å²) in [5, 5.41) is 0. The fraction of sp³-hybridized carbons (Fsp3) is 0.923. The van der Waals surface area contributed by atoms with E-state index in [-0.39, 0.29) is 0 Å². The van der Waals surface area contributed by atoms with Crippen molar-refractivity contribution in [2.75, 3.05) is 0 Å². The molecule has 0 aliphatic rings. The molecule has 0 heteroatoms. The van der Waals surface area contributed by atoms with Gasteiger partial charge in [-0.25, -0.2) is 0 Å². The van der Waals surface area contributed by atoms with Crippen LogP contribution in [0.25, 0.3) is 0 Å². The molecule has 0 nitrogen and oxygen atoms in total. The molecule has 0 fully saturated rings. The molecule has 0 spiro atoms. The maximum absolute atomic E-state index is 3.88. The maximum atomic E-state index is 3.88. The molecule has 0 saturated heterocycles. The molecule has 0 aliphatic carbocycles. The van der Waals surface area contributed by atoms with Gasteiger partial charge in [0.05, 0.1) is 0 Å². The van der Waals surface area contributed by atoms with Gasteiger partial charge in [0.2, 0.25) is 0 Å². The molecule has 0 heterocycles. The van der Waals surface area contributed by atoms with Crippen molar-refractivity contribution in [1.29, 1.82) is 0 Å². The highest BCUT2D eigenvalue weighted by Gasteiger charge is 2.00. The summed E-state index contributed by atoms with van der Waals surface area (Å²) in [5.41, 5.74) is 0. The van der Waals surface area contributed by atoms with Crippen LogP contribution in [-0.2, 0) is 0 Å². The van der Waals surface area contributed by atoms with Crippen LogP contribution in [0.5, 0.6) is 0 Å². The zero-order chi connectivity index (χ0) is 9.94. The van der Waals surface area contributed by atoms with E-state index in [0.717, 1.165) is 12.3 Å². The van der Waals surface area contributed by atoms with E-state index in [2.05, 4.69) is 20.8 Å². The first kappa shape index (κ1) is 13.0. The van der Waals surface area contributed by atoms with E-state index in [1.54, 1.807) is 0 Å². The molecular weight excluding hydrogens is 156 g/mol. The first-order valence-electron chi connectivity index (χ1n) is 6.10. The van der Waals surface area contributed by atoms with Crippen molar-refractivity contribution >= 4 is 0 Å². The second-order valence-corrected chi connectivity index (χ2v) is 4.30. The van der Waals surface area contributed by atoms with E-state index in [1.807, 2.05) is 0 Å². The molecule has 0 bridgehead atoms. The van der Waals surface area contributed by atoms with E-state index >= 15 is 0 Å². The third-order valence-corrected chi connectivity index (χ3v) is 2.75. The van der Waals surface area contributed by atoms with Crippen LogP contribution in [0, 0.1) is 12.8 Å². The van der Waals surface area contributed by atoms with Crippen LogP contribution in [0.15, 0.2) is 0 Å². The van der Waals surface area contributed by atoms with E-state index < -0.39 is 0 Å². The van der Waals surface area contributed by atoms with Gasteiger partial charge in [0.25, 0.3) is 0 Å². The fourth-order valence-corrected chi connectivity index (χ4v) is 1.73. The third-order valence-electron chi connectivity index (χ3n) is 2.75. The van der Waals surface area contributed by atoms with Gasteiger partial charge in [0, 0.05) is 0 Å². The maximum Gasteiger partial charge on any atom is -0.0443 e. The van der Waals surface area contributed by atoms with Gasteiger partial charge in [-0.05, 0) is 5.92 Å². The minimum atomic E-state index is 0.934. The summed E-state index contributed by atoms with van der Waals surface area (Å²) in [6.45, 7) is 8.54. The average molecular weight is 183 g/mol. The quantitative estimate of drug-likeness (QED) is 0.442. The molecule has 0 rings (SSSR count). The lowest BCUT2D eigenvalue weighted by Crippen LogP contribution is -1.94. The first-order valence-corrected chi connectivity index (χ1v) is 6.10. The normalized spacial score (nSPS) is 13.2. The standard InChI is InChI=1S/C13H27/c1-4-6-8-9-10-12-13(3)11-7-5-2/h13H,2,4-12H2,1,3H3. The van der Waals surface area contributed by atoms with Gasteiger partial charge in [-0.15, -0.1) is 0 Å². The topological polar surface area (TPSA) is 0 Å². The van der Waals surface area contributed by atoms with Crippen molar-refractivity contribution in [3.05, 3.63) is 6.92 Å². The molecule has 79 valence electrons. The predicted octanol–water partition coefficient (Wildman–Crippen LogP) is 4.99. The largest absolute Gasteiger partial charge is 0.0654 e. The Kier molecular flexibility index (Phi) is 10.1. The fourth-order valence-electron chi connectivity index (χ4n) is 1.73. The van der Waals surface area contributed by atoms with E-state index in [9.17, 15) is 0 Å².